The van der Waals surface area contributed by atoms with Crippen LogP contribution in [-0.2, 0) is 9.53 Å². The van der Waals surface area contributed by atoms with Crippen molar-refractivity contribution in [1.82, 2.24) is 0 Å². The van der Waals surface area contributed by atoms with Crippen molar-refractivity contribution in [1.29, 1.82) is 0 Å². The number of nitrogens with zero attached hydrogens (tertiary/aromatic N) is 1. The lowest BCUT2D eigenvalue weighted by Gasteiger charge is -1.97. The summed E-state index contributed by atoms with van der Waals surface area (Å²) >= 11 is 0. The van der Waals surface area contributed by atoms with Gasteiger partial charge in [-0.15, -0.1) is 0 Å². The lowest BCUT2D eigenvalue weighted by molar-refractivity contribution is -0.130. The van der Waals surface area contributed by atoms with E-state index in [1.54, 1.807) is 30.6 Å². The topological polar surface area (TPSA) is 51.8 Å². The number of hydrogen-bond donors (Lipinski definition) is 0. The number of cyclic esters (lactones) is 1. The molecule has 20 heavy (non-hydrogen) atoms. The summed E-state index contributed by atoms with van der Waals surface area (Å²) < 4.78 is 10.3. The van der Waals surface area contributed by atoms with Gasteiger partial charge in [0.25, 0.3) is 0 Å². The van der Waals surface area contributed by atoms with Crippen molar-refractivity contribution in [3.63, 3.8) is 0 Å². The molecule has 4 nitrogen and oxygen atoms in total. The van der Waals surface area contributed by atoms with Gasteiger partial charge in [0, 0.05) is 5.56 Å². The Morgan fingerprint density at radius 3 is 2.65 bits per heavy atom. The van der Waals surface area contributed by atoms with E-state index in [2.05, 4.69) is 4.99 Å². The number of benzene rings is 1. The van der Waals surface area contributed by atoms with Gasteiger partial charge >= 0.3 is 5.97 Å². The first-order valence-electron chi connectivity index (χ1n) is 6.11. The molecule has 0 radical (unpaired) electrons. The van der Waals surface area contributed by atoms with E-state index >= 15 is 0 Å². The molecule has 4 heteroatoms. The minimum absolute atomic E-state index is 0.270. The zero-order valence-electron chi connectivity index (χ0n) is 10.5. The number of carbonyl (C=O) groups is 1. The molecule has 1 aliphatic heterocycles. The Balaban J connectivity index is 1.80. The highest BCUT2D eigenvalue weighted by Crippen LogP contribution is 2.16. The van der Waals surface area contributed by atoms with Crippen LogP contribution in [0.5, 0.6) is 0 Å². The zero-order chi connectivity index (χ0) is 13.8. The molecule has 0 aliphatic carbocycles. The van der Waals surface area contributed by atoms with Crippen LogP contribution < -0.4 is 0 Å². The highest BCUT2D eigenvalue weighted by Gasteiger charge is 2.23. The third-order valence-electron chi connectivity index (χ3n) is 2.70. The SMILES string of the molecule is O=C1OC(c2ccccc2)=NC1=C/C=C/c1ccco1. The van der Waals surface area contributed by atoms with Gasteiger partial charge in [-0.3, -0.25) is 0 Å². The summed E-state index contributed by atoms with van der Waals surface area (Å²) in [7, 11) is 0. The van der Waals surface area contributed by atoms with Gasteiger partial charge < -0.3 is 9.15 Å². The fourth-order valence-corrected chi connectivity index (χ4v) is 1.75. The molecule has 0 spiro atoms. The standard InChI is InChI=1S/C16H11NO3/c18-16-14(10-4-8-13-9-5-11-19-13)17-15(20-16)12-6-2-1-3-7-12/h1-11H/b8-4+,14-10?. The van der Waals surface area contributed by atoms with Crippen LogP contribution in [0.1, 0.15) is 11.3 Å². The monoisotopic (exact) mass is 265 g/mol. The second kappa shape index (κ2) is 5.40. The summed E-state index contributed by atoms with van der Waals surface area (Å²) in [6.45, 7) is 0. The highest BCUT2D eigenvalue weighted by molar-refractivity contribution is 6.11. The predicted octanol–water partition coefficient (Wildman–Crippen LogP) is 3.18. The summed E-state index contributed by atoms with van der Waals surface area (Å²) in [6, 6.07) is 12.9. The number of hydrogen-bond acceptors (Lipinski definition) is 4. The van der Waals surface area contributed by atoms with Crippen LogP contribution in [0.2, 0.25) is 0 Å². The molecule has 2 aromatic rings. The van der Waals surface area contributed by atoms with Crippen LogP contribution >= 0.6 is 0 Å². The van der Waals surface area contributed by atoms with E-state index in [4.69, 9.17) is 9.15 Å². The van der Waals surface area contributed by atoms with Gasteiger partial charge in [0.2, 0.25) is 5.90 Å². The Kier molecular flexibility index (Phi) is 3.29. The Hall–Kier alpha value is -2.88. The van der Waals surface area contributed by atoms with Gasteiger partial charge in [-0.25, -0.2) is 9.79 Å². The normalized spacial score (nSPS) is 16.7. The van der Waals surface area contributed by atoms with E-state index in [1.807, 2.05) is 36.4 Å². The molecule has 2 heterocycles. The number of allylic oxidation sites excluding steroid dienone is 2. The lowest BCUT2D eigenvalue weighted by Crippen LogP contribution is -2.04. The van der Waals surface area contributed by atoms with E-state index < -0.39 is 5.97 Å². The van der Waals surface area contributed by atoms with Crippen molar-refractivity contribution >= 4 is 17.9 Å². The summed E-state index contributed by atoms with van der Waals surface area (Å²) in [5.74, 6) is 0.585. The average Bonchev–Trinajstić information content (AvgIpc) is 3.11. The molecule has 1 aromatic carbocycles. The van der Waals surface area contributed by atoms with Crippen LogP contribution in [0.3, 0.4) is 0 Å². The maximum Gasteiger partial charge on any atom is 0.363 e. The van der Waals surface area contributed by atoms with Gasteiger partial charge in [-0.05, 0) is 36.4 Å². The van der Waals surface area contributed by atoms with Crippen molar-refractivity contribution in [3.05, 3.63) is 77.9 Å². The van der Waals surface area contributed by atoms with Crippen LogP contribution in [-0.4, -0.2) is 11.9 Å². The minimum atomic E-state index is -0.451. The van der Waals surface area contributed by atoms with E-state index in [-0.39, 0.29) is 5.70 Å². The van der Waals surface area contributed by atoms with Gasteiger partial charge in [0.15, 0.2) is 5.70 Å². The molecule has 0 amide bonds. The molecule has 0 N–H and O–H groups in total. The van der Waals surface area contributed by atoms with E-state index in [0.29, 0.717) is 11.7 Å². The first kappa shape index (κ1) is 12.2. The largest absolute Gasteiger partial charge is 0.465 e. The smallest absolute Gasteiger partial charge is 0.363 e. The van der Waals surface area contributed by atoms with E-state index in [0.717, 1.165) is 5.56 Å². The third-order valence-corrected chi connectivity index (χ3v) is 2.70. The van der Waals surface area contributed by atoms with Gasteiger partial charge in [-0.1, -0.05) is 24.3 Å². The first-order chi connectivity index (χ1) is 9.83. The molecule has 0 saturated carbocycles. The summed E-state index contributed by atoms with van der Waals surface area (Å²) in [6.07, 6.45) is 6.63. The molecule has 1 aliphatic rings. The fourth-order valence-electron chi connectivity index (χ4n) is 1.75. The lowest BCUT2D eigenvalue weighted by atomic mass is 10.2. The molecule has 1 aromatic heterocycles. The third kappa shape index (κ3) is 2.59. The number of ether oxygens (including phenoxy) is 1. The molecule has 98 valence electrons. The van der Waals surface area contributed by atoms with Gasteiger partial charge in [0.1, 0.15) is 5.76 Å². The van der Waals surface area contributed by atoms with E-state index in [9.17, 15) is 4.79 Å². The van der Waals surface area contributed by atoms with Gasteiger partial charge in [0.05, 0.1) is 6.26 Å². The number of aliphatic imine (C=N–C) groups is 1. The first-order valence-corrected chi connectivity index (χ1v) is 6.11. The number of furan rings is 1. The highest BCUT2D eigenvalue weighted by atomic mass is 16.6. The Morgan fingerprint density at radius 2 is 1.90 bits per heavy atom. The van der Waals surface area contributed by atoms with Crippen molar-refractivity contribution in [3.8, 4) is 0 Å². The summed E-state index contributed by atoms with van der Waals surface area (Å²) in [5.41, 5.74) is 1.05. The van der Waals surface area contributed by atoms with Crippen molar-refractivity contribution in [2.75, 3.05) is 0 Å². The van der Waals surface area contributed by atoms with Crippen LogP contribution in [0, 0.1) is 0 Å². The molecule has 0 bridgehead atoms. The number of esters is 1. The molecular weight excluding hydrogens is 254 g/mol. The molecule has 0 saturated heterocycles. The van der Waals surface area contributed by atoms with Crippen molar-refractivity contribution in [2.45, 2.75) is 0 Å². The van der Waals surface area contributed by atoms with E-state index in [1.165, 1.54) is 0 Å². The predicted molar refractivity (Wildman–Crippen MR) is 74.9 cm³/mol. The number of rotatable bonds is 3. The number of carbonyl (C=O) groups excluding carboxylic acids is 1. The van der Waals surface area contributed by atoms with Crippen LogP contribution in [0.4, 0.5) is 0 Å². The van der Waals surface area contributed by atoms with Crippen molar-refractivity contribution < 1.29 is 13.9 Å². The molecule has 3 rings (SSSR count). The Labute approximate surface area is 115 Å². The molecular formula is C16H11NO3. The fraction of sp³-hybridized carbons (Fsp3) is 0. The van der Waals surface area contributed by atoms with Crippen LogP contribution in [0.25, 0.3) is 6.08 Å². The summed E-state index contributed by atoms with van der Waals surface area (Å²) in [4.78, 5) is 15.9. The Bertz CT molecular complexity index is 695. The average molecular weight is 265 g/mol. The van der Waals surface area contributed by atoms with Gasteiger partial charge in [-0.2, -0.15) is 0 Å². The zero-order valence-corrected chi connectivity index (χ0v) is 10.5. The second-order valence-electron chi connectivity index (χ2n) is 4.10. The summed E-state index contributed by atoms with van der Waals surface area (Å²) in [5, 5.41) is 0. The minimum Gasteiger partial charge on any atom is -0.465 e. The second-order valence-corrected chi connectivity index (χ2v) is 4.10. The Morgan fingerprint density at radius 1 is 1.05 bits per heavy atom. The molecule has 0 unspecified atom stereocenters. The maximum absolute atomic E-state index is 11.7. The maximum atomic E-state index is 11.7. The van der Waals surface area contributed by atoms with Crippen molar-refractivity contribution in [2.24, 2.45) is 4.99 Å². The molecule has 0 fully saturated rings. The quantitative estimate of drug-likeness (QED) is 0.632. The van der Waals surface area contributed by atoms with Crippen LogP contribution in [0.15, 0.2) is 76.0 Å². The molecule has 0 atom stereocenters.